The van der Waals surface area contributed by atoms with Crippen LogP contribution in [0.1, 0.15) is 32.8 Å². The molecular weight excluding hydrogens is 266 g/mol. The second kappa shape index (κ2) is 6.31. The number of hydrogen-bond acceptors (Lipinski definition) is 3. The highest BCUT2D eigenvalue weighted by molar-refractivity contribution is 5.79. The number of aromatic nitrogens is 2. The molecule has 0 radical (unpaired) electrons. The van der Waals surface area contributed by atoms with Crippen LogP contribution in [0.3, 0.4) is 0 Å². The van der Waals surface area contributed by atoms with Crippen molar-refractivity contribution >= 4 is 17.0 Å². The van der Waals surface area contributed by atoms with Crippen molar-refractivity contribution < 1.29 is 9.53 Å². The van der Waals surface area contributed by atoms with Crippen molar-refractivity contribution in [1.82, 2.24) is 15.5 Å². The molecule has 1 aromatic carbocycles. The average Bonchev–Trinajstić information content (AvgIpc) is 2.83. The lowest BCUT2D eigenvalue weighted by Gasteiger charge is -2.19. The van der Waals surface area contributed by atoms with Crippen molar-refractivity contribution in [2.24, 2.45) is 0 Å². The van der Waals surface area contributed by atoms with Crippen LogP contribution in [-0.2, 0) is 4.74 Å². The van der Waals surface area contributed by atoms with Crippen LogP contribution in [0.5, 0.6) is 0 Å². The minimum absolute atomic E-state index is 0.413. The van der Waals surface area contributed by atoms with Crippen LogP contribution in [0.25, 0.3) is 10.9 Å². The van der Waals surface area contributed by atoms with Gasteiger partial charge in [-0.2, -0.15) is 5.10 Å². The van der Waals surface area contributed by atoms with Gasteiger partial charge in [-0.1, -0.05) is 11.8 Å². The summed E-state index contributed by atoms with van der Waals surface area (Å²) in [6.45, 7) is 5.96. The molecule has 0 spiro atoms. The molecule has 0 saturated heterocycles. The third kappa shape index (κ3) is 4.84. The Balaban J connectivity index is 1.80. The van der Waals surface area contributed by atoms with Crippen LogP contribution in [0.2, 0.25) is 0 Å². The number of nitrogens with zero attached hydrogens (tertiary/aromatic N) is 1. The molecule has 0 fully saturated rings. The number of amides is 1. The second-order valence-corrected chi connectivity index (χ2v) is 5.65. The minimum Gasteiger partial charge on any atom is -0.444 e. The quantitative estimate of drug-likeness (QED) is 0.658. The molecule has 0 unspecified atom stereocenters. The number of carbonyl (C=O) groups is 1. The number of hydrogen-bond donors (Lipinski definition) is 2. The summed E-state index contributed by atoms with van der Waals surface area (Å²) in [5.74, 6) is 6.09. The molecule has 0 aliphatic rings. The lowest BCUT2D eigenvalue weighted by atomic mass is 10.1. The van der Waals surface area contributed by atoms with Gasteiger partial charge >= 0.3 is 6.09 Å². The molecule has 5 heteroatoms. The molecule has 0 bridgehead atoms. The Kier molecular flexibility index (Phi) is 4.49. The lowest BCUT2D eigenvalue weighted by Crippen LogP contribution is -2.32. The highest BCUT2D eigenvalue weighted by Gasteiger charge is 2.15. The molecule has 2 N–H and O–H groups in total. The van der Waals surface area contributed by atoms with E-state index in [2.05, 4.69) is 27.4 Å². The first-order valence-electron chi connectivity index (χ1n) is 6.83. The van der Waals surface area contributed by atoms with Gasteiger partial charge in [0.05, 0.1) is 11.7 Å². The lowest BCUT2D eigenvalue weighted by molar-refractivity contribution is 0.0529. The predicted octanol–water partition coefficient (Wildman–Crippen LogP) is 2.83. The van der Waals surface area contributed by atoms with Crippen molar-refractivity contribution in [2.45, 2.75) is 32.8 Å². The summed E-state index contributed by atoms with van der Waals surface area (Å²) in [5.41, 5.74) is 1.45. The topological polar surface area (TPSA) is 67.0 Å². The van der Waals surface area contributed by atoms with Crippen LogP contribution in [-0.4, -0.2) is 28.4 Å². The van der Waals surface area contributed by atoms with E-state index in [1.165, 1.54) is 0 Å². The second-order valence-electron chi connectivity index (χ2n) is 5.65. The SMILES string of the molecule is CC(C)(C)OC(=O)NCCC#Cc1ccc2[nH]ncc2c1. The van der Waals surface area contributed by atoms with Crippen LogP contribution in [0, 0.1) is 11.8 Å². The molecule has 1 heterocycles. The van der Waals surface area contributed by atoms with Gasteiger partial charge in [-0.15, -0.1) is 0 Å². The van der Waals surface area contributed by atoms with Crippen LogP contribution >= 0.6 is 0 Å². The van der Waals surface area contributed by atoms with E-state index < -0.39 is 11.7 Å². The highest BCUT2D eigenvalue weighted by Crippen LogP contribution is 2.11. The number of fused-ring (bicyclic) bond motifs is 1. The molecule has 5 nitrogen and oxygen atoms in total. The summed E-state index contributed by atoms with van der Waals surface area (Å²) in [6, 6.07) is 5.87. The Morgan fingerprint density at radius 3 is 3.00 bits per heavy atom. The van der Waals surface area contributed by atoms with Crippen molar-refractivity contribution in [3.05, 3.63) is 30.0 Å². The van der Waals surface area contributed by atoms with Gasteiger partial charge in [-0.25, -0.2) is 4.79 Å². The van der Waals surface area contributed by atoms with Gasteiger partial charge in [0.1, 0.15) is 5.60 Å². The van der Waals surface area contributed by atoms with Gasteiger partial charge in [-0.3, -0.25) is 5.10 Å². The summed E-state index contributed by atoms with van der Waals surface area (Å²) >= 11 is 0. The summed E-state index contributed by atoms with van der Waals surface area (Å²) in [7, 11) is 0. The first kappa shape index (κ1) is 14.9. The minimum atomic E-state index is -0.476. The van der Waals surface area contributed by atoms with E-state index in [4.69, 9.17) is 4.74 Å². The van der Waals surface area contributed by atoms with E-state index in [1.807, 2.05) is 39.0 Å². The number of carbonyl (C=O) groups excluding carboxylic acids is 1. The first-order valence-corrected chi connectivity index (χ1v) is 6.83. The van der Waals surface area contributed by atoms with Gasteiger partial charge in [0.2, 0.25) is 0 Å². The first-order chi connectivity index (χ1) is 9.94. The zero-order chi connectivity index (χ0) is 15.3. The standard InChI is InChI=1S/C16H19N3O2/c1-16(2,3)21-15(20)17-9-5-4-6-12-7-8-14-13(10-12)11-18-19-14/h7-8,10-11H,5,9H2,1-3H3,(H,17,20)(H,18,19). The molecule has 0 saturated carbocycles. The number of nitrogens with one attached hydrogen (secondary N) is 2. The number of aromatic amines is 1. The predicted molar refractivity (Wildman–Crippen MR) is 81.8 cm³/mol. The van der Waals surface area contributed by atoms with Crippen LogP contribution < -0.4 is 5.32 Å². The summed E-state index contributed by atoms with van der Waals surface area (Å²) in [5, 5.41) is 10.6. The normalized spacial score (nSPS) is 10.8. The van der Waals surface area contributed by atoms with Crippen molar-refractivity contribution in [3.8, 4) is 11.8 Å². The zero-order valence-electron chi connectivity index (χ0n) is 12.5. The smallest absolute Gasteiger partial charge is 0.407 e. The van der Waals surface area contributed by atoms with Gasteiger partial charge in [-0.05, 0) is 39.0 Å². The molecular formula is C16H19N3O2. The monoisotopic (exact) mass is 285 g/mol. The summed E-state index contributed by atoms with van der Waals surface area (Å²) in [4.78, 5) is 11.4. The third-order valence-corrected chi connectivity index (χ3v) is 2.59. The van der Waals surface area contributed by atoms with Gasteiger partial charge in [0.25, 0.3) is 0 Å². The van der Waals surface area contributed by atoms with E-state index in [1.54, 1.807) is 6.20 Å². The van der Waals surface area contributed by atoms with Crippen molar-refractivity contribution in [1.29, 1.82) is 0 Å². The molecule has 2 aromatic rings. The Bertz CT molecular complexity index is 687. The zero-order valence-corrected chi connectivity index (χ0v) is 12.5. The van der Waals surface area contributed by atoms with Crippen molar-refractivity contribution in [3.63, 3.8) is 0 Å². The maximum atomic E-state index is 11.4. The summed E-state index contributed by atoms with van der Waals surface area (Å²) in [6.07, 6.45) is 1.93. The molecule has 1 amide bonds. The van der Waals surface area contributed by atoms with E-state index in [-0.39, 0.29) is 0 Å². The Labute approximate surface area is 124 Å². The maximum absolute atomic E-state index is 11.4. The van der Waals surface area contributed by atoms with E-state index >= 15 is 0 Å². The number of rotatable bonds is 2. The fraction of sp³-hybridized carbons (Fsp3) is 0.375. The Hall–Kier alpha value is -2.48. The van der Waals surface area contributed by atoms with Crippen molar-refractivity contribution in [2.75, 3.05) is 6.54 Å². The molecule has 110 valence electrons. The van der Waals surface area contributed by atoms with Gasteiger partial charge < -0.3 is 10.1 Å². The largest absolute Gasteiger partial charge is 0.444 e. The number of ether oxygens (including phenoxy) is 1. The van der Waals surface area contributed by atoms with E-state index in [0.29, 0.717) is 13.0 Å². The molecule has 0 atom stereocenters. The molecule has 0 aliphatic carbocycles. The summed E-state index contributed by atoms with van der Waals surface area (Å²) < 4.78 is 5.13. The fourth-order valence-electron chi connectivity index (χ4n) is 1.73. The van der Waals surface area contributed by atoms with Crippen LogP contribution in [0.4, 0.5) is 4.79 Å². The number of H-pyrrole nitrogens is 1. The van der Waals surface area contributed by atoms with E-state index in [9.17, 15) is 4.79 Å². The van der Waals surface area contributed by atoms with Gasteiger partial charge in [0, 0.05) is 23.9 Å². The highest BCUT2D eigenvalue weighted by atomic mass is 16.6. The third-order valence-electron chi connectivity index (χ3n) is 2.59. The molecule has 0 aliphatic heterocycles. The van der Waals surface area contributed by atoms with E-state index in [0.717, 1.165) is 16.5 Å². The maximum Gasteiger partial charge on any atom is 0.407 e. The molecule has 2 rings (SSSR count). The van der Waals surface area contributed by atoms with Crippen LogP contribution in [0.15, 0.2) is 24.4 Å². The fourth-order valence-corrected chi connectivity index (χ4v) is 1.73. The Morgan fingerprint density at radius 2 is 2.24 bits per heavy atom. The molecule has 21 heavy (non-hydrogen) atoms. The molecule has 1 aromatic heterocycles. The Morgan fingerprint density at radius 1 is 1.43 bits per heavy atom. The van der Waals surface area contributed by atoms with Gasteiger partial charge in [0.15, 0.2) is 0 Å². The number of benzene rings is 1. The number of alkyl carbamates (subject to hydrolysis) is 1. The average molecular weight is 285 g/mol.